The number of hydrogen-bond acceptors (Lipinski definition) is 7. The molecule has 7 nitrogen and oxygen atoms in total. The van der Waals surface area contributed by atoms with E-state index in [1.807, 2.05) is 20.8 Å². The van der Waals surface area contributed by atoms with Crippen LogP contribution in [0.25, 0.3) is 0 Å². The van der Waals surface area contributed by atoms with E-state index in [1.165, 1.54) is 0 Å². The Morgan fingerprint density at radius 3 is 0.900 bits per heavy atom. The van der Waals surface area contributed by atoms with E-state index in [2.05, 4.69) is 14.7 Å². The molecule has 0 bridgehead atoms. The second-order valence-corrected chi connectivity index (χ2v) is 3.56. The molecule has 0 fully saturated rings. The van der Waals surface area contributed by atoms with Gasteiger partial charge in [-0.25, -0.2) is 14.7 Å². The number of rotatable bonds is 9. The maximum absolute atomic E-state index is 8.19. The van der Waals surface area contributed by atoms with Crippen molar-refractivity contribution in [3.8, 4) is 0 Å². The average molecular weight is 337 g/mol. The Morgan fingerprint density at radius 1 is 0.650 bits per heavy atom. The molecule has 0 aromatic carbocycles. The van der Waals surface area contributed by atoms with Gasteiger partial charge in [0.1, 0.15) is 0 Å². The molecule has 0 aromatic rings. The topological polar surface area (TPSA) is 105 Å². The van der Waals surface area contributed by atoms with Crippen LogP contribution in [0.3, 0.4) is 0 Å². The summed E-state index contributed by atoms with van der Waals surface area (Å²) in [6, 6.07) is 0. The minimum absolute atomic E-state index is 0.469. The molecule has 0 amide bonds. The van der Waals surface area contributed by atoms with Crippen LogP contribution < -0.4 is 0 Å². The molecule has 0 saturated heterocycles. The molecule has 0 aromatic heterocycles. The molecule has 125 valence electrons. The Labute approximate surface area is 131 Å². The third kappa shape index (κ3) is 63.8. The predicted octanol–water partition coefficient (Wildman–Crippen LogP) is 3.71. The van der Waals surface area contributed by atoms with Gasteiger partial charge >= 0.3 is 21.0 Å². The molecule has 0 saturated carbocycles. The normalized spacial score (nSPS) is 8.25. The zero-order chi connectivity index (χ0) is 16.5. The van der Waals surface area contributed by atoms with Gasteiger partial charge in [-0.05, 0) is 19.3 Å². The van der Waals surface area contributed by atoms with Gasteiger partial charge in [-0.2, -0.15) is 0 Å². The van der Waals surface area contributed by atoms with Crippen LogP contribution in [0, 0.1) is 0 Å². The van der Waals surface area contributed by atoms with Crippen molar-refractivity contribution in [1.82, 2.24) is 0 Å². The van der Waals surface area contributed by atoms with Crippen molar-refractivity contribution in [2.24, 2.45) is 0 Å². The van der Waals surface area contributed by atoms with Gasteiger partial charge in [0, 0.05) is 0 Å². The third-order valence-electron chi connectivity index (χ3n) is 1.77. The van der Waals surface area contributed by atoms with E-state index in [9.17, 15) is 0 Å². The molecule has 0 unspecified atom stereocenters. The summed E-state index contributed by atoms with van der Waals surface area (Å²) in [6.45, 7) is 7.53. The van der Waals surface area contributed by atoms with Gasteiger partial charge in [0.25, 0.3) is 0 Å². The van der Waals surface area contributed by atoms with Gasteiger partial charge in [-0.1, -0.05) is 40.0 Å². The zero-order valence-electron chi connectivity index (χ0n) is 12.8. The molecule has 0 rings (SSSR count). The Morgan fingerprint density at radius 2 is 0.850 bits per heavy atom. The zero-order valence-corrected chi connectivity index (χ0v) is 14.2. The Balaban J connectivity index is -0.0000000902. The SMILES string of the molecule is CCCCOO.CCCCOO.CCCCOO.[O]=[V]. The van der Waals surface area contributed by atoms with Gasteiger partial charge in [-0.3, -0.25) is 15.8 Å². The van der Waals surface area contributed by atoms with Crippen LogP contribution in [-0.4, -0.2) is 35.6 Å². The van der Waals surface area contributed by atoms with Crippen LogP contribution in [0.2, 0.25) is 0 Å². The van der Waals surface area contributed by atoms with Gasteiger partial charge in [0.15, 0.2) is 0 Å². The van der Waals surface area contributed by atoms with Gasteiger partial charge in [0.2, 0.25) is 0 Å². The Bertz CT molecular complexity index is 89.0. The molecule has 0 spiro atoms. The molecule has 20 heavy (non-hydrogen) atoms. The second-order valence-electron chi connectivity index (χ2n) is 3.56. The van der Waals surface area contributed by atoms with Gasteiger partial charge in [-0.15, -0.1) is 0 Å². The Kier molecular flexibility index (Phi) is 60.5. The van der Waals surface area contributed by atoms with Crippen molar-refractivity contribution in [3.05, 3.63) is 0 Å². The number of unbranched alkanes of at least 4 members (excludes halogenated alkanes) is 3. The first-order valence-electron chi connectivity index (χ1n) is 6.72. The molecular formula is C12H30O7V. The van der Waals surface area contributed by atoms with E-state index in [1.54, 1.807) is 0 Å². The summed E-state index contributed by atoms with van der Waals surface area (Å²) in [5, 5.41) is 23.1. The monoisotopic (exact) mass is 337 g/mol. The van der Waals surface area contributed by atoms with Gasteiger partial charge < -0.3 is 0 Å². The van der Waals surface area contributed by atoms with Crippen molar-refractivity contribution < 1.29 is 51.5 Å². The molecular weight excluding hydrogens is 307 g/mol. The quantitative estimate of drug-likeness (QED) is 0.334. The van der Waals surface area contributed by atoms with E-state index in [0.29, 0.717) is 19.8 Å². The van der Waals surface area contributed by atoms with Crippen molar-refractivity contribution >= 4 is 0 Å². The van der Waals surface area contributed by atoms with E-state index >= 15 is 0 Å². The summed E-state index contributed by atoms with van der Waals surface area (Å²) < 4.78 is 8.19. The summed E-state index contributed by atoms with van der Waals surface area (Å²) in [6.07, 6.45) is 6.03. The fourth-order valence-corrected chi connectivity index (χ4v) is 0.627. The summed E-state index contributed by atoms with van der Waals surface area (Å²) in [4.78, 5) is 11.3. The molecule has 0 radical (unpaired) electrons. The summed E-state index contributed by atoms with van der Waals surface area (Å²) in [7, 11) is 0. The van der Waals surface area contributed by atoms with E-state index < -0.39 is 0 Å². The van der Waals surface area contributed by atoms with Crippen molar-refractivity contribution in [2.75, 3.05) is 19.8 Å². The van der Waals surface area contributed by atoms with Crippen LogP contribution >= 0.6 is 0 Å². The molecule has 0 aliphatic heterocycles. The predicted molar refractivity (Wildman–Crippen MR) is 71.2 cm³/mol. The van der Waals surface area contributed by atoms with Crippen molar-refractivity contribution in [2.45, 2.75) is 59.3 Å². The van der Waals surface area contributed by atoms with E-state index in [4.69, 9.17) is 19.4 Å². The maximum atomic E-state index is 8.19. The average Bonchev–Trinajstić information content (AvgIpc) is 2.52. The summed E-state index contributed by atoms with van der Waals surface area (Å²) >= 11 is 1.06. The van der Waals surface area contributed by atoms with Crippen LogP contribution in [0.1, 0.15) is 59.3 Å². The molecule has 0 aliphatic carbocycles. The van der Waals surface area contributed by atoms with E-state index in [0.717, 1.165) is 55.9 Å². The Hall–Kier alpha value is 0.144. The van der Waals surface area contributed by atoms with Crippen molar-refractivity contribution in [1.29, 1.82) is 0 Å². The summed E-state index contributed by atoms with van der Waals surface area (Å²) in [5.41, 5.74) is 0. The molecule has 8 heteroatoms. The molecule has 3 N–H and O–H groups in total. The first-order valence-corrected chi connectivity index (χ1v) is 7.29. The standard InChI is InChI=1S/3C4H10O2.O.V/c3*1-2-3-4-6-5;;/h3*5H,2-4H2,1H3;;. The van der Waals surface area contributed by atoms with Crippen LogP contribution in [-0.2, 0) is 35.7 Å². The fourth-order valence-electron chi connectivity index (χ4n) is 0.627. The molecule has 0 aliphatic rings. The first-order chi connectivity index (χ1) is 9.74. The third-order valence-corrected chi connectivity index (χ3v) is 1.77. The second kappa shape index (κ2) is 42.7. The number of hydrogen-bond donors (Lipinski definition) is 3. The minimum atomic E-state index is 0.469. The summed E-state index contributed by atoms with van der Waals surface area (Å²) in [5.74, 6) is 0. The van der Waals surface area contributed by atoms with E-state index in [-0.39, 0.29) is 0 Å². The van der Waals surface area contributed by atoms with Gasteiger partial charge in [0.05, 0.1) is 19.8 Å². The van der Waals surface area contributed by atoms with Crippen molar-refractivity contribution in [3.63, 3.8) is 0 Å². The molecule has 0 heterocycles. The van der Waals surface area contributed by atoms with Crippen LogP contribution in [0.4, 0.5) is 0 Å². The molecule has 0 atom stereocenters. The first kappa shape index (κ1) is 28.3. The van der Waals surface area contributed by atoms with Crippen LogP contribution in [0.15, 0.2) is 0 Å². The van der Waals surface area contributed by atoms with Crippen LogP contribution in [0.5, 0.6) is 0 Å². The fraction of sp³-hybridized carbons (Fsp3) is 1.00.